The van der Waals surface area contributed by atoms with Crippen LogP contribution in [0.5, 0.6) is 0 Å². The second-order valence-corrected chi connectivity index (χ2v) is 7.09. The Hall–Kier alpha value is -2.60. The number of aromatic nitrogens is 1. The van der Waals surface area contributed by atoms with Crippen molar-refractivity contribution in [2.45, 2.75) is 20.3 Å². The van der Waals surface area contributed by atoms with Gasteiger partial charge in [0.15, 0.2) is 0 Å². The van der Waals surface area contributed by atoms with Crippen LogP contribution in [-0.4, -0.2) is 76.9 Å². The predicted molar refractivity (Wildman–Crippen MR) is 111 cm³/mol. The lowest BCUT2D eigenvalue weighted by Crippen LogP contribution is -2.51. The second-order valence-electron chi connectivity index (χ2n) is 7.09. The number of carbonyl (C=O) groups is 2. The highest BCUT2D eigenvalue weighted by Crippen LogP contribution is 2.14. The van der Waals surface area contributed by atoms with Gasteiger partial charge < -0.3 is 19.3 Å². The maximum absolute atomic E-state index is 12.8. The number of hydrogen-bond donors (Lipinski definition) is 0. The van der Waals surface area contributed by atoms with Gasteiger partial charge in [-0.05, 0) is 49.5 Å². The van der Waals surface area contributed by atoms with Crippen LogP contribution >= 0.6 is 0 Å². The molecule has 0 spiro atoms. The molecule has 0 radical (unpaired) electrons. The molecule has 0 unspecified atom stereocenters. The van der Waals surface area contributed by atoms with E-state index in [1.807, 2.05) is 63.2 Å². The number of carbonyl (C=O) groups excluding carboxylic acids is 2. The summed E-state index contributed by atoms with van der Waals surface area (Å²) in [5, 5.41) is 0. The molecule has 1 aromatic carbocycles. The Morgan fingerprint density at radius 3 is 2.04 bits per heavy atom. The van der Waals surface area contributed by atoms with Crippen LogP contribution in [0.1, 0.15) is 30.6 Å². The fourth-order valence-corrected chi connectivity index (χ4v) is 3.58. The Morgan fingerprint density at radius 1 is 0.893 bits per heavy atom. The maximum atomic E-state index is 12.8. The van der Waals surface area contributed by atoms with Crippen molar-refractivity contribution in [3.8, 4) is 5.69 Å². The predicted octanol–water partition coefficient (Wildman–Crippen LogP) is 2.49. The highest BCUT2D eigenvalue weighted by Gasteiger charge is 2.24. The lowest BCUT2D eigenvalue weighted by molar-refractivity contribution is -0.133. The fraction of sp³-hybridized carbons (Fsp3) is 0.455. The van der Waals surface area contributed by atoms with Crippen molar-refractivity contribution in [3.05, 3.63) is 54.4 Å². The molecule has 6 heteroatoms. The monoisotopic (exact) mass is 382 g/mol. The first-order valence-corrected chi connectivity index (χ1v) is 10.1. The number of amides is 2. The summed E-state index contributed by atoms with van der Waals surface area (Å²) >= 11 is 0. The van der Waals surface area contributed by atoms with Crippen LogP contribution in [0.25, 0.3) is 5.69 Å². The number of nitrogens with zero attached hydrogens (tertiary/aromatic N) is 4. The lowest BCUT2D eigenvalue weighted by Gasteiger charge is -2.35. The van der Waals surface area contributed by atoms with Crippen LogP contribution < -0.4 is 0 Å². The highest BCUT2D eigenvalue weighted by atomic mass is 16.2. The smallest absolute Gasteiger partial charge is 0.253 e. The van der Waals surface area contributed by atoms with Gasteiger partial charge in [0.2, 0.25) is 5.91 Å². The van der Waals surface area contributed by atoms with Crippen LogP contribution in [0.4, 0.5) is 0 Å². The van der Waals surface area contributed by atoms with E-state index in [1.54, 1.807) is 0 Å². The van der Waals surface area contributed by atoms with Crippen molar-refractivity contribution >= 4 is 11.8 Å². The van der Waals surface area contributed by atoms with E-state index in [0.29, 0.717) is 38.2 Å². The van der Waals surface area contributed by atoms with E-state index in [4.69, 9.17) is 0 Å². The van der Waals surface area contributed by atoms with E-state index in [9.17, 15) is 9.59 Å². The Morgan fingerprint density at radius 2 is 1.46 bits per heavy atom. The fourth-order valence-electron chi connectivity index (χ4n) is 3.58. The van der Waals surface area contributed by atoms with Crippen LogP contribution in [0, 0.1) is 0 Å². The van der Waals surface area contributed by atoms with Gasteiger partial charge in [-0.15, -0.1) is 0 Å². The summed E-state index contributed by atoms with van der Waals surface area (Å²) in [5.74, 6) is 0.226. The van der Waals surface area contributed by atoms with Crippen molar-refractivity contribution < 1.29 is 9.59 Å². The highest BCUT2D eigenvalue weighted by molar-refractivity contribution is 5.94. The molecule has 1 aromatic heterocycles. The van der Waals surface area contributed by atoms with Gasteiger partial charge in [0, 0.05) is 62.8 Å². The number of rotatable bonds is 7. The Kier molecular flexibility index (Phi) is 6.87. The zero-order chi connectivity index (χ0) is 19.9. The van der Waals surface area contributed by atoms with Crippen molar-refractivity contribution in [2.24, 2.45) is 0 Å². The average Bonchev–Trinajstić information content (AvgIpc) is 3.29. The first kappa shape index (κ1) is 20.1. The zero-order valence-corrected chi connectivity index (χ0v) is 16.9. The Labute approximate surface area is 167 Å². The topological polar surface area (TPSA) is 48.8 Å². The Bertz CT molecular complexity index is 758. The maximum Gasteiger partial charge on any atom is 0.253 e. The second kappa shape index (κ2) is 9.55. The first-order valence-electron chi connectivity index (χ1n) is 10.1. The van der Waals surface area contributed by atoms with E-state index in [0.717, 1.165) is 25.3 Å². The molecule has 6 nitrogen and oxygen atoms in total. The molecule has 150 valence electrons. The van der Waals surface area contributed by atoms with Gasteiger partial charge in [-0.3, -0.25) is 9.59 Å². The SMILES string of the molecule is CCN(CC)CCC(=O)N1CCN(C(=O)c2ccc(-n3cccc3)cc2)CC1. The van der Waals surface area contributed by atoms with Gasteiger partial charge in [0.1, 0.15) is 0 Å². The number of benzene rings is 1. The van der Waals surface area contributed by atoms with Crippen molar-refractivity contribution in [1.82, 2.24) is 19.3 Å². The first-order chi connectivity index (χ1) is 13.6. The van der Waals surface area contributed by atoms with E-state index < -0.39 is 0 Å². The minimum absolute atomic E-state index is 0.0364. The van der Waals surface area contributed by atoms with E-state index >= 15 is 0 Å². The van der Waals surface area contributed by atoms with Gasteiger partial charge in [-0.2, -0.15) is 0 Å². The molecule has 1 aliphatic rings. The summed E-state index contributed by atoms with van der Waals surface area (Å²) in [5.41, 5.74) is 1.72. The molecular formula is C22H30N4O2. The van der Waals surface area contributed by atoms with Crippen LogP contribution in [0.3, 0.4) is 0 Å². The molecule has 1 fully saturated rings. The lowest BCUT2D eigenvalue weighted by atomic mass is 10.1. The van der Waals surface area contributed by atoms with Gasteiger partial charge in [0.25, 0.3) is 5.91 Å². The molecule has 28 heavy (non-hydrogen) atoms. The minimum Gasteiger partial charge on any atom is -0.339 e. The summed E-state index contributed by atoms with van der Waals surface area (Å²) in [7, 11) is 0. The molecule has 0 N–H and O–H groups in total. The third kappa shape index (κ3) is 4.81. The standard InChI is InChI=1S/C22H30N4O2/c1-3-23(4-2)14-11-21(27)25-15-17-26(18-16-25)22(28)19-7-9-20(10-8-19)24-12-5-6-13-24/h5-10,12-13H,3-4,11,14-18H2,1-2H3. The quantitative estimate of drug-likeness (QED) is 0.739. The third-order valence-corrected chi connectivity index (χ3v) is 5.47. The average molecular weight is 383 g/mol. The molecule has 2 heterocycles. The summed E-state index contributed by atoms with van der Waals surface area (Å²) < 4.78 is 2.01. The number of hydrogen-bond acceptors (Lipinski definition) is 3. The van der Waals surface area contributed by atoms with Crippen molar-refractivity contribution in [3.63, 3.8) is 0 Å². The van der Waals surface area contributed by atoms with Crippen LogP contribution in [-0.2, 0) is 4.79 Å². The zero-order valence-electron chi connectivity index (χ0n) is 16.9. The third-order valence-electron chi connectivity index (χ3n) is 5.47. The summed E-state index contributed by atoms with van der Waals surface area (Å²) in [6, 6.07) is 11.6. The molecule has 2 amide bonds. The molecule has 0 saturated carbocycles. The molecule has 1 aliphatic heterocycles. The summed E-state index contributed by atoms with van der Waals surface area (Å²) in [6.45, 7) is 9.38. The van der Waals surface area contributed by atoms with Crippen molar-refractivity contribution in [1.29, 1.82) is 0 Å². The van der Waals surface area contributed by atoms with Crippen LogP contribution in [0.2, 0.25) is 0 Å². The molecule has 2 aromatic rings. The molecule has 3 rings (SSSR count). The summed E-state index contributed by atoms with van der Waals surface area (Å²) in [4.78, 5) is 31.2. The Balaban J connectivity index is 1.50. The van der Waals surface area contributed by atoms with Gasteiger partial charge >= 0.3 is 0 Å². The molecule has 0 aliphatic carbocycles. The van der Waals surface area contributed by atoms with Crippen LogP contribution in [0.15, 0.2) is 48.8 Å². The van der Waals surface area contributed by atoms with E-state index in [-0.39, 0.29) is 11.8 Å². The normalized spacial score (nSPS) is 14.5. The van der Waals surface area contributed by atoms with Crippen molar-refractivity contribution in [2.75, 3.05) is 45.8 Å². The molecule has 0 atom stereocenters. The van der Waals surface area contributed by atoms with E-state index in [1.165, 1.54) is 0 Å². The van der Waals surface area contributed by atoms with Gasteiger partial charge in [-0.25, -0.2) is 0 Å². The minimum atomic E-state index is 0.0364. The molecule has 0 bridgehead atoms. The number of piperazine rings is 1. The van der Waals surface area contributed by atoms with E-state index in [2.05, 4.69) is 18.7 Å². The molecular weight excluding hydrogens is 352 g/mol. The summed E-state index contributed by atoms with van der Waals surface area (Å²) in [6.07, 6.45) is 4.51. The van der Waals surface area contributed by atoms with Gasteiger partial charge in [0.05, 0.1) is 0 Å². The van der Waals surface area contributed by atoms with Gasteiger partial charge in [-0.1, -0.05) is 13.8 Å². The molecule has 1 saturated heterocycles. The largest absolute Gasteiger partial charge is 0.339 e.